The van der Waals surface area contributed by atoms with E-state index in [-0.39, 0.29) is 17.7 Å². The van der Waals surface area contributed by atoms with E-state index < -0.39 is 11.7 Å². The molecule has 0 aromatic rings. The summed E-state index contributed by atoms with van der Waals surface area (Å²) in [5, 5.41) is 2.89. The molecule has 1 heterocycles. The standard InChI is InChI=1S/C15H28N2O4/c1-11(2)20-12(18)16-15(6)7-9-17(10-8-15)13(19)21-14(3,4)5/h11H,7-10H2,1-6H3,(H,16,18). The highest BCUT2D eigenvalue weighted by Gasteiger charge is 2.35. The van der Waals surface area contributed by atoms with E-state index in [1.165, 1.54) is 0 Å². The molecule has 1 saturated heterocycles. The summed E-state index contributed by atoms with van der Waals surface area (Å²) >= 11 is 0. The quantitative estimate of drug-likeness (QED) is 0.851. The molecule has 1 aliphatic rings. The highest BCUT2D eigenvalue weighted by Crippen LogP contribution is 2.23. The van der Waals surface area contributed by atoms with Crippen LogP contribution in [0.5, 0.6) is 0 Å². The predicted octanol–water partition coefficient (Wildman–Crippen LogP) is 2.91. The number of ether oxygens (including phenoxy) is 2. The minimum atomic E-state index is -0.489. The van der Waals surface area contributed by atoms with Crippen molar-refractivity contribution in [2.75, 3.05) is 13.1 Å². The lowest BCUT2D eigenvalue weighted by Crippen LogP contribution is -2.55. The van der Waals surface area contributed by atoms with Crippen molar-refractivity contribution < 1.29 is 19.1 Å². The number of rotatable bonds is 2. The van der Waals surface area contributed by atoms with Crippen molar-refractivity contribution in [3.8, 4) is 0 Å². The van der Waals surface area contributed by atoms with E-state index >= 15 is 0 Å². The normalized spacial score (nSPS) is 18.3. The number of alkyl carbamates (subject to hydrolysis) is 1. The van der Waals surface area contributed by atoms with Crippen LogP contribution in [0.3, 0.4) is 0 Å². The van der Waals surface area contributed by atoms with E-state index in [9.17, 15) is 9.59 Å². The van der Waals surface area contributed by atoms with Gasteiger partial charge in [-0.25, -0.2) is 9.59 Å². The van der Waals surface area contributed by atoms with Crippen LogP contribution >= 0.6 is 0 Å². The molecule has 1 fully saturated rings. The van der Waals surface area contributed by atoms with Crippen molar-refractivity contribution in [3.05, 3.63) is 0 Å². The van der Waals surface area contributed by atoms with E-state index in [1.807, 2.05) is 41.5 Å². The maximum Gasteiger partial charge on any atom is 0.410 e. The Kier molecular flexibility index (Phi) is 5.48. The summed E-state index contributed by atoms with van der Waals surface area (Å²) in [7, 11) is 0. The van der Waals surface area contributed by atoms with Gasteiger partial charge in [0.05, 0.1) is 6.10 Å². The van der Waals surface area contributed by atoms with Gasteiger partial charge in [-0.05, 0) is 54.4 Å². The minimum absolute atomic E-state index is 0.143. The molecule has 6 nitrogen and oxygen atoms in total. The van der Waals surface area contributed by atoms with E-state index in [2.05, 4.69) is 5.32 Å². The summed E-state index contributed by atoms with van der Waals surface area (Å²) in [5.74, 6) is 0. The van der Waals surface area contributed by atoms with E-state index in [0.29, 0.717) is 25.9 Å². The van der Waals surface area contributed by atoms with Crippen LogP contribution in [-0.2, 0) is 9.47 Å². The van der Waals surface area contributed by atoms with Crippen LogP contribution in [0.25, 0.3) is 0 Å². The summed E-state index contributed by atoms with van der Waals surface area (Å²) in [5.41, 5.74) is -0.832. The van der Waals surface area contributed by atoms with Crippen LogP contribution in [0.4, 0.5) is 9.59 Å². The van der Waals surface area contributed by atoms with Crippen LogP contribution in [0.15, 0.2) is 0 Å². The molecule has 0 aromatic carbocycles. The molecule has 0 saturated carbocycles. The SMILES string of the molecule is CC(C)OC(=O)NC1(C)CCN(C(=O)OC(C)(C)C)CC1. The molecule has 0 aromatic heterocycles. The van der Waals surface area contributed by atoms with Gasteiger partial charge in [-0.3, -0.25) is 0 Å². The Morgan fingerprint density at radius 1 is 1.19 bits per heavy atom. The smallest absolute Gasteiger partial charge is 0.410 e. The second kappa shape index (κ2) is 6.54. The zero-order valence-electron chi connectivity index (χ0n) is 14.0. The van der Waals surface area contributed by atoms with Crippen LogP contribution in [0, 0.1) is 0 Å². The molecule has 1 N–H and O–H groups in total. The Hall–Kier alpha value is -1.46. The number of likely N-dealkylation sites (tertiary alicyclic amines) is 1. The summed E-state index contributed by atoms with van der Waals surface area (Å²) in [4.78, 5) is 25.4. The second-order valence-electron chi connectivity index (χ2n) is 7.11. The molecule has 122 valence electrons. The molecule has 0 atom stereocenters. The molecule has 0 unspecified atom stereocenters. The van der Waals surface area contributed by atoms with E-state index in [0.717, 1.165) is 0 Å². The van der Waals surface area contributed by atoms with Gasteiger partial charge in [0.25, 0.3) is 0 Å². The molecule has 1 aliphatic heterocycles. The Morgan fingerprint density at radius 3 is 2.14 bits per heavy atom. The molecule has 21 heavy (non-hydrogen) atoms. The van der Waals surface area contributed by atoms with E-state index in [4.69, 9.17) is 9.47 Å². The first-order valence-electron chi connectivity index (χ1n) is 7.47. The number of nitrogens with one attached hydrogen (secondary N) is 1. The molecule has 2 amide bonds. The fraction of sp³-hybridized carbons (Fsp3) is 0.867. The van der Waals surface area contributed by atoms with Crippen LogP contribution in [0.1, 0.15) is 54.4 Å². The maximum absolute atomic E-state index is 12.0. The zero-order valence-corrected chi connectivity index (χ0v) is 14.0. The third kappa shape index (κ3) is 6.23. The van der Waals surface area contributed by atoms with Gasteiger partial charge in [0.2, 0.25) is 0 Å². The van der Waals surface area contributed by atoms with Crippen molar-refractivity contribution in [2.45, 2.75) is 71.6 Å². The van der Waals surface area contributed by atoms with Gasteiger partial charge in [-0.2, -0.15) is 0 Å². The first-order chi connectivity index (χ1) is 9.51. The van der Waals surface area contributed by atoms with Crippen molar-refractivity contribution in [1.82, 2.24) is 10.2 Å². The van der Waals surface area contributed by atoms with E-state index in [1.54, 1.807) is 4.90 Å². The largest absolute Gasteiger partial charge is 0.447 e. The average Bonchev–Trinajstić information content (AvgIpc) is 2.25. The van der Waals surface area contributed by atoms with Gasteiger partial charge in [-0.15, -0.1) is 0 Å². The topological polar surface area (TPSA) is 67.9 Å². The molecule has 1 rings (SSSR count). The van der Waals surface area contributed by atoms with Gasteiger partial charge in [0, 0.05) is 18.6 Å². The fourth-order valence-corrected chi connectivity index (χ4v) is 2.12. The van der Waals surface area contributed by atoms with Crippen LogP contribution < -0.4 is 5.32 Å². The zero-order chi connectivity index (χ0) is 16.3. The number of carbonyl (C=O) groups is 2. The molecule has 0 radical (unpaired) electrons. The van der Waals surface area contributed by atoms with Gasteiger partial charge in [-0.1, -0.05) is 0 Å². The Balaban J connectivity index is 2.47. The lowest BCUT2D eigenvalue weighted by Gasteiger charge is -2.39. The molecular formula is C15H28N2O4. The molecule has 6 heteroatoms. The van der Waals surface area contributed by atoms with Gasteiger partial charge < -0.3 is 19.7 Å². The molecule has 0 spiro atoms. The minimum Gasteiger partial charge on any atom is -0.447 e. The Labute approximate surface area is 127 Å². The van der Waals surface area contributed by atoms with Gasteiger partial charge in [0.1, 0.15) is 5.60 Å². The second-order valence-corrected chi connectivity index (χ2v) is 7.11. The third-order valence-electron chi connectivity index (χ3n) is 3.27. The summed E-state index contributed by atoms with van der Waals surface area (Å²) < 4.78 is 10.5. The van der Waals surface area contributed by atoms with Crippen molar-refractivity contribution in [2.24, 2.45) is 0 Å². The number of nitrogens with zero attached hydrogens (tertiary/aromatic N) is 1. The maximum atomic E-state index is 12.0. The Bertz CT molecular complexity index is 380. The third-order valence-corrected chi connectivity index (χ3v) is 3.27. The van der Waals surface area contributed by atoms with Crippen LogP contribution in [0.2, 0.25) is 0 Å². The lowest BCUT2D eigenvalue weighted by atomic mass is 9.90. The van der Waals surface area contributed by atoms with Crippen molar-refractivity contribution >= 4 is 12.2 Å². The fourth-order valence-electron chi connectivity index (χ4n) is 2.12. The van der Waals surface area contributed by atoms with Crippen molar-refractivity contribution in [3.63, 3.8) is 0 Å². The first-order valence-corrected chi connectivity index (χ1v) is 7.47. The number of piperidine rings is 1. The first kappa shape index (κ1) is 17.6. The monoisotopic (exact) mass is 300 g/mol. The highest BCUT2D eigenvalue weighted by atomic mass is 16.6. The summed E-state index contributed by atoms with van der Waals surface area (Å²) in [6, 6.07) is 0. The highest BCUT2D eigenvalue weighted by molar-refractivity contribution is 5.69. The molecule has 0 aliphatic carbocycles. The lowest BCUT2D eigenvalue weighted by molar-refractivity contribution is 0.0155. The van der Waals surface area contributed by atoms with Gasteiger partial charge in [0.15, 0.2) is 0 Å². The number of carbonyl (C=O) groups excluding carboxylic acids is 2. The Morgan fingerprint density at radius 2 is 1.71 bits per heavy atom. The summed E-state index contributed by atoms with van der Waals surface area (Å²) in [6.45, 7) is 12.3. The average molecular weight is 300 g/mol. The van der Waals surface area contributed by atoms with Crippen molar-refractivity contribution in [1.29, 1.82) is 0 Å². The number of amides is 2. The number of hydrogen-bond acceptors (Lipinski definition) is 4. The van der Waals surface area contributed by atoms with Gasteiger partial charge >= 0.3 is 12.2 Å². The molecule has 0 bridgehead atoms. The number of hydrogen-bond donors (Lipinski definition) is 1. The summed E-state index contributed by atoms with van der Waals surface area (Å²) in [6.07, 6.45) is 0.516. The van der Waals surface area contributed by atoms with Crippen LogP contribution in [-0.4, -0.2) is 47.4 Å². The predicted molar refractivity (Wildman–Crippen MR) is 80.2 cm³/mol. The molecular weight excluding hydrogens is 272 g/mol.